The Bertz CT molecular complexity index is 1330. The molecule has 0 radical (unpaired) electrons. The predicted molar refractivity (Wildman–Crippen MR) is 119 cm³/mol. The maximum Gasteiger partial charge on any atom is 0.269 e. The maximum atomic E-state index is 13.1. The Morgan fingerprint density at radius 3 is 2.90 bits per heavy atom. The van der Waals surface area contributed by atoms with Crippen LogP contribution < -0.4 is 15.2 Å². The summed E-state index contributed by atoms with van der Waals surface area (Å²) in [5.74, 6) is 0.763. The molecule has 8 nitrogen and oxygen atoms in total. The Morgan fingerprint density at radius 1 is 1.23 bits per heavy atom. The lowest BCUT2D eigenvalue weighted by Gasteiger charge is -2.29. The average molecular weight is 433 g/mol. The van der Waals surface area contributed by atoms with Crippen LogP contribution in [0.2, 0.25) is 0 Å². The number of benzene rings is 2. The SMILES string of the molecule is Cc1ccc2c(c1)N(C(=O)CSc1nc3[nH]ncc3c(=O)n1-c1ccccc1)CCO2. The zero-order valence-corrected chi connectivity index (χ0v) is 17.6. The van der Waals surface area contributed by atoms with Crippen LogP contribution in [0.15, 0.2) is 64.7 Å². The van der Waals surface area contributed by atoms with E-state index in [0.29, 0.717) is 40.8 Å². The van der Waals surface area contributed by atoms with E-state index in [-0.39, 0.29) is 17.2 Å². The number of aromatic amines is 1. The van der Waals surface area contributed by atoms with Crippen molar-refractivity contribution < 1.29 is 9.53 Å². The van der Waals surface area contributed by atoms with Crippen molar-refractivity contribution in [2.75, 3.05) is 23.8 Å². The van der Waals surface area contributed by atoms with Crippen LogP contribution in [-0.4, -0.2) is 44.6 Å². The van der Waals surface area contributed by atoms with Crippen LogP contribution in [0.1, 0.15) is 5.56 Å². The van der Waals surface area contributed by atoms with Crippen molar-refractivity contribution in [3.8, 4) is 11.4 Å². The van der Waals surface area contributed by atoms with E-state index in [2.05, 4.69) is 15.2 Å². The highest BCUT2D eigenvalue weighted by Gasteiger charge is 2.25. The lowest BCUT2D eigenvalue weighted by Crippen LogP contribution is -2.39. The number of hydrogen-bond acceptors (Lipinski definition) is 6. The number of nitrogens with zero attached hydrogens (tertiary/aromatic N) is 4. The molecule has 2 aromatic heterocycles. The molecule has 0 fully saturated rings. The molecule has 0 saturated carbocycles. The first-order chi connectivity index (χ1) is 15.1. The van der Waals surface area contributed by atoms with Gasteiger partial charge in [0, 0.05) is 0 Å². The summed E-state index contributed by atoms with van der Waals surface area (Å²) in [6.07, 6.45) is 1.47. The zero-order valence-electron chi connectivity index (χ0n) is 16.7. The topological polar surface area (TPSA) is 93.1 Å². The van der Waals surface area contributed by atoms with E-state index in [9.17, 15) is 9.59 Å². The molecular formula is C22H19N5O3S. The van der Waals surface area contributed by atoms with Crippen molar-refractivity contribution in [2.24, 2.45) is 0 Å². The van der Waals surface area contributed by atoms with E-state index >= 15 is 0 Å². The lowest BCUT2D eigenvalue weighted by atomic mass is 10.1. The minimum absolute atomic E-state index is 0.0706. The van der Waals surface area contributed by atoms with E-state index in [1.807, 2.05) is 55.5 Å². The van der Waals surface area contributed by atoms with Gasteiger partial charge in [-0.05, 0) is 36.8 Å². The Morgan fingerprint density at radius 2 is 2.06 bits per heavy atom. The van der Waals surface area contributed by atoms with Crippen molar-refractivity contribution >= 4 is 34.4 Å². The number of thioether (sulfide) groups is 1. The minimum atomic E-state index is -0.229. The molecule has 1 N–H and O–H groups in total. The first-order valence-electron chi connectivity index (χ1n) is 9.80. The van der Waals surface area contributed by atoms with E-state index in [0.717, 1.165) is 11.3 Å². The molecule has 156 valence electrons. The van der Waals surface area contributed by atoms with Crippen molar-refractivity contribution in [1.82, 2.24) is 19.7 Å². The number of fused-ring (bicyclic) bond motifs is 2. The number of hydrogen-bond donors (Lipinski definition) is 1. The van der Waals surface area contributed by atoms with Gasteiger partial charge in [0.05, 0.1) is 29.9 Å². The van der Waals surface area contributed by atoms with Gasteiger partial charge in [-0.1, -0.05) is 36.0 Å². The number of rotatable bonds is 4. The molecule has 0 spiro atoms. The summed E-state index contributed by atoms with van der Waals surface area (Å²) in [6.45, 7) is 2.91. The third kappa shape index (κ3) is 3.57. The fraction of sp³-hybridized carbons (Fsp3) is 0.182. The Hall–Kier alpha value is -3.59. The molecule has 5 rings (SSSR count). The van der Waals surface area contributed by atoms with Crippen LogP contribution in [0.3, 0.4) is 0 Å². The number of aryl methyl sites for hydroxylation is 1. The molecule has 1 aliphatic rings. The predicted octanol–water partition coefficient (Wildman–Crippen LogP) is 2.93. The van der Waals surface area contributed by atoms with Gasteiger partial charge in [0.15, 0.2) is 10.8 Å². The van der Waals surface area contributed by atoms with Gasteiger partial charge in [-0.15, -0.1) is 0 Å². The van der Waals surface area contributed by atoms with Gasteiger partial charge in [-0.2, -0.15) is 5.10 Å². The zero-order chi connectivity index (χ0) is 21.4. The number of carbonyl (C=O) groups is 1. The summed E-state index contributed by atoms with van der Waals surface area (Å²) in [6, 6.07) is 15.1. The molecule has 31 heavy (non-hydrogen) atoms. The van der Waals surface area contributed by atoms with Crippen LogP contribution in [0.5, 0.6) is 5.75 Å². The molecule has 0 atom stereocenters. The molecule has 0 aliphatic carbocycles. The quantitative estimate of drug-likeness (QED) is 0.393. The summed E-state index contributed by atoms with van der Waals surface area (Å²) in [5, 5.41) is 7.52. The molecule has 9 heteroatoms. The number of aromatic nitrogens is 4. The van der Waals surface area contributed by atoms with Gasteiger partial charge >= 0.3 is 0 Å². The Kier molecular flexibility index (Phi) is 4.95. The molecule has 0 unspecified atom stereocenters. The average Bonchev–Trinajstić information content (AvgIpc) is 3.26. The third-order valence-electron chi connectivity index (χ3n) is 5.07. The monoisotopic (exact) mass is 433 g/mol. The number of amides is 1. The molecule has 0 saturated heterocycles. The van der Waals surface area contributed by atoms with E-state index in [1.165, 1.54) is 22.5 Å². The summed E-state index contributed by atoms with van der Waals surface area (Å²) in [7, 11) is 0. The highest BCUT2D eigenvalue weighted by molar-refractivity contribution is 7.99. The van der Waals surface area contributed by atoms with Crippen molar-refractivity contribution in [3.63, 3.8) is 0 Å². The van der Waals surface area contributed by atoms with Gasteiger partial charge < -0.3 is 9.64 Å². The summed E-state index contributed by atoms with van der Waals surface area (Å²) < 4.78 is 7.21. The largest absolute Gasteiger partial charge is 0.490 e. The van der Waals surface area contributed by atoms with Crippen molar-refractivity contribution in [1.29, 1.82) is 0 Å². The number of para-hydroxylation sites is 1. The summed E-state index contributed by atoms with van der Waals surface area (Å²) in [4.78, 5) is 32.5. The van der Waals surface area contributed by atoms with Gasteiger partial charge in [-0.3, -0.25) is 19.3 Å². The molecule has 2 aromatic carbocycles. The van der Waals surface area contributed by atoms with Crippen molar-refractivity contribution in [3.05, 3.63) is 70.6 Å². The van der Waals surface area contributed by atoms with E-state index in [1.54, 1.807) is 4.90 Å². The van der Waals surface area contributed by atoms with Crippen LogP contribution in [0.25, 0.3) is 16.7 Å². The number of carbonyl (C=O) groups excluding carboxylic acids is 1. The van der Waals surface area contributed by atoms with Gasteiger partial charge in [-0.25, -0.2) is 4.98 Å². The molecule has 0 bridgehead atoms. The molecular weight excluding hydrogens is 414 g/mol. The van der Waals surface area contributed by atoms with Crippen molar-refractivity contribution in [2.45, 2.75) is 12.1 Å². The Balaban J connectivity index is 1.48. The Labute approximate surface area is 181 Å². The lowest BCUT2D eigenvalue weighted by molar-refractivity contribution is -0.116. The molecule has 3 heterocycles. The number of H-pyrrole nitrogens is 1. The fourth-order valence-electron chi connectivity index (χ4n) is 3.57. The standard InChI is InChI=1S/C22H19N5O3S/c1-14-7-8-18-17(11-14)26(9-10-30-18)19(28)13-31-22-24-20-16(12-23-25-20)21(29)27(22)15-5-3-2-4-6-15/h2-8,11-12H,9-10,13H2,1H3,(H,23,25). The highest BCUT2D eigenvalue weighted by atomic mass is 32.2. The van der Waals surface area contributed by atoms with Gasteiger partial charge in [0.25, 0.3) is 5.56 Å². The molecule has 1 aliphatic heterocycles. The number of nitrogens with one attached hydrogen (secondary N) is 1. The summed E-state index contributed by atoms with van der Waals surface area (Å²) >= 11 is 1.23. The van der Waals surface area contributed by atoms with Crippen LogP contribution >= 0.6 is 11.8 Å². The number of anilines is 1. The summed E-state index contributed by atoms with van der Waals surface area (Å²) in [5.41, 5.74) is 2.69. The van der Waals surface area contributed by atoms with E-state index < -0.39 is 0 Å². The smallest absolute Gasteiger partial charge is 0.269 e. The van der Waals surface area contributed by atoms with Crippen LogP contribution in [0, 0.1) is 6.92 Å². The van der Waals surface area contributed by atoms with Crippen LogP contribution in [-0.2, 0) is 4.79 Å². The second kappa shape index (κ2) is 7.92. The highest BCUT2D eigenvalue weighted by Crippen LogP contribution is 2.33. The van der Waals surface area contributed by atoms with Gasteiger partial charge in [0.2, 0.25) is 5.91 Å². The third-order valence-corrected chi connectivity index (χ3v) is 5.99. The first kappa shape index (κ1) is 19.4. The maximum absolute atomic E-state index is 13.1. The second-order valence-electron chi connectivity index (χ2n) is 7.16. The first-order valence-corrected chi connectivity index (χ1v) is 10.8. The molecule has 1 amide bonds. The number of ether oxygens (including phenoxy) is 1. The van der Waals surface area contributed by atoms with E-state index in [4.69, 9.17) is 4.74 Å². The fourth-order valence-corrected chi connectivity index (χ4v) is 4.45. The normalized spacial score (nSPS) is 13.1. The van der Waals surface area contributed by atoms with Gasteiger partial charge in [0.1, 0.15) is 17.7 Å². The molecule has 4 aromatic rings. The minimum Gasteiger partial charge on any atom is -0.490 e. The second-order valence-corrected chi connectivity index (χ2v) is 8.10. The van der Waals surface area contributed by atoms with Crippen LogP contribution in [0.4, 0.5) is 5.69 Å².